The van der Waals surface area contributed by atoms with Crippen molar-refractivity contribution in [2.75, 3.05) is 12.3 Å². The van der Waals surface area contributed by atoms with E-state index in [1.165, 1.54) is 12.3 Å². The number of anilines is 1. The van der Waals surface area contributed by atoms with Crippen molar-refractivity contribution < 1.29 is 4.79 Å². The van der Waals surface area contributed by atoms with Gasteiger partial charge in [-0.3, -0.25) is 4.79 Å². The van der Waals surface area contributed by atoms with E-state index in [1.807, 2.05) is 12.3 Å². The third-order valence-electron chi connectivity index (χ3n) is 2.56. The van der Waals surface area contributed by atoms with Crippen molar-refractivity contribution in [3.63, 3.8) is 0 Å². The second kappa shape index (κ2) is 5.99. The number of halogens is 1. The first-order valence-electron chi connectivity index (χ1n) is 5.66. The molecular formula is C12H13ClN4OS. The second-order valence-corrected chi connectivity index (χ2v) is 5.40. The van der Waals surface area contributed by atoms with Gasteiger partial charge in [-0.25, -0.2) is 9.97 Å². The van der Waals surface area contributed by atoms with Crippen LogP contribution in [0.2, 0.25) is 5.02 Å². The van der Waals surface area contributed by atoms with Crippen LogP contribution in [0.3, 0.4) is 0 Å². The third kappa shape index (κ3) is 3.42. The number of rotatable bonds is 4. The van der Waals surface area contributed by atoms with Crippen LogP contribution < -0.4 is 11.1 Å². The fourth-order valence-electron chi connectivity index (χ4n) is 1.54. The van der Waals surface area contributed by atoms with Crippen molar-refractivity contribution >= 4 is 34.7 Å². The minimum Gasteiger partial charge on any atom is -0.384 e. The molecule has 2 aromatic heterocycles. The van der Waals surface area contributed by atoms with Crippen molar-refractivity contribution in [2.24, 2.45) is 0 Å². The summed E-state index contributed by atoms with van der Waals surface area (Å²) in [6.07, 6.45) is 3.12. The number of nitrogen functional groups attached to an aromatic ring is 1. The molecule has 5 nitrogen and oxygen atoms in total. The Hall–Kier alpha value is -1.66. The largest absolute Gasteiger partial charge is 0.384 e. The van der Waals surface area contributed by atoms with E-state index in [1.54, 1.807) is 17.5 Å². The number of pyridine rings is 1. The Kier molecular flexibility index (Phi) is 4.34. The molecule has 0 aliphatic rings. The van der Waals surface area contributed by atoms with Crippen molar-refractivity contribution in [3.05, 3.63) is 39.4 Å². The standard InChI is InChI=1S/C12H13ClN4OS/c1-7(12-15-2-3-19-12)5-17-11(18)8-4-10(14)16-6-9(8)13/h2-4,6-7H,5H2,1H3,(H2,14,16)(H,17,18). The van der Waals surface area contributed by atoms with Crippen LogP contribution in [-0.2, 0) is 0 Å². The maximum absolute atomic E-state index is 12.0. The summed E-state index contributed by atoms with van der Waals surface area (Å²) in [5.41, 5.74) is 5.87. The molecule has 7 heteroatoms. The van der Waals surface area contributed by atoms with Gasteiger partial charge >= 0.3 is 0 Å². The maximum atomic E-state index is 12.0. The normalized spacial score (nSPS) is 12.1. The van der Waals surface area contributed by atoms with Crippen LogP contribution in [0.25, 0.3) is 0 Å². The number of carbonyl (C=O) groups is 1. The molecule has 3 N–H and O–H groups in total. The highest BCUT2D eigenvalue weighted by Crippen LogP contribution is 2.18. The van der Waals surface area contributed by atoms with Crippen LogP contribution in [-0.4, -0.2) is 22.4 Å². The summed E-state index contributed by atoms with van der Waals surface area (Å²) >= 11 is 7.48. The second-order valence-electron chi connectivity index (χ2n) is 4.07. The molecule has 1 atom stereocenters. The van der Waals surface area contributed by atoms with Gasteiger partial charge in [0.2, 0.25) is 0 Å². The van der Waals surface area contributed by atoms with Crippen LogP contribution in [0.1, 0.15) is 28.2 Å². The monoisotopic (exact) mass is 296 g/mol. The molecule has 1 amide bonds. The number of hydrogen-bond acceptors (Lipinski definition) is 5. The fraction of sp³-hybridized carbons (Fsp3) is 0.250. The zero-order chi connectivity index (χ0) is 13.8. The third-order valence-corrected chi connectivity index (χ3v) is 3.87. The maximum Gasteiger partial charge on any atom is 0.253 e. The summed E-state index contributed by atoms with van der Waals surface area (Å²) in [5.74, 6) is 0.159. The molecule has 19 heavy (non-hydrogen) atoms. The van der Waals surface area contributed by atoms with Gasteiger partial charge in [0.25, 0.3) is 5.91 Å². The van der Waals surface area contributed by atoms with Gasteiger partial charge < -0.3 is 11.1 Å². The Morgan fingerprint density at radius 1 is 1.58 bits per heavy atom. The van der Waals surface area contributed by atoms with E-state index in [0.717, 1.165) is 5.01 Å². The van der Waals surface area contributed by atoms with Gasteiger partial charge in [0.1, 0.15) is 5.82 Å². The number of amides is 1. The van der Waals surface area contributed by atoms with E-state index in [4.69, 9.17) is 17.3 Å². The molecule has 0 radical (unpaired) electrons. The summed E-state index contributed by atoms with van der Waals surface area (Å²) in [5, 5.41) is 6.00. The number of nitrogens with one attached hydrogen (secondary N) is 1. The molecule has 2 heterocycles. The first-order chi connectivity index (χ1) is 9.08. The van der Waals surface area contributed by atoms with Crippen molar-refractivity contribution in [3.8, 4) is 0 Å². The predicted octanol–water partition coefficient (Wildman–Crippen LogP) is 2.31. The number of aromatic nitrogens is 2. The molecule has 0 aromatic carbocycles. The van der Waals surface area contributed by atoms with Gasteiger partial charge in [0, 0.05) is 30.2 Å². The summed E-state index contributed by atoms with van der Waals surface area (Å²) in [7, 11) is 0. The average molecular weight is 297 g/mol. The fourth-order valence-corrected chi connectivity index (χ4v) is 2.42. The van der Waals surface area contributed by atoms with Crippen LogP contribution in [0.15, 0.2) is 23.8 Å². The molecule has 0 aliphatic heterocycles. The van der Waals surface area contributed by atoms with Crippen LogP contribution in [0.4, 0.5) is 5.82 Å². The lowest BCUT2D eigenvalue weighted by atomic mass is 10.2. The number of hydrogen-bond donors (Lipinski definition) is 2. The van der Waals surface area contributed by atoms with Gasteiger partial charge in [-0.05, 0) is 6.07 Å². The van der Waals surface area contributed by atoms with Gasteiger partial charge in [-0.2, -0.15) is 0 Å². The topological polar surface area (TPSA) is 80.9 Å². The number of thiazole rings is 1. The SMILES string of the molecule is CC(CNC(=O)c1cc(N)ncc1Cl)c1nccs1. The smallest absolute Gasteiger partial charge is 0.253 e. The van der Waals surface area contributed by atoms with Crippen LogP contribution in [0.5, 0.6) is 0 Å². The average Bonchev–Trinajstić information content (AvgIpc) is 2.92. The van der Waals surface area contributed by atoms with E-state index >= 15 is 0 Å². The molecule has 0 spiro atoms. The van der Waals surface area contributed by atoms with Gasteiger partial charge in [0.05, 0.1) is 15.6 Å². The highest BCUT2D eigenvalue weighted by Gasteiger charge is 2.14. The minimum atomic E-state index is -0.262. The Labute approximate surface area is 119 Å². The number of nitrogens with zero attached hydrogens (tertiary/aromatic N) is 2. The summed E-state index contributed by atoms with van der Waals surface area (Å²) in [6.45, 7) is 2.49. The van der Waals surface area contributed by atoms with Crippen molar-refractivity contribution in [1.82, 2.24) is 15.3 Å². The lowest BCUT2D eigenvalue weighted by Crippen LogP contribution is -2.27. The molecule has 0 bridgehead atoms. The van der Waals surface area contributed by atoms with Crippen LogP contribution >= 0.6 is 22.9 Å². The Bertz CT molecular complexity index is 573. The lowest BCUT2D eigenvalue weighted by Gasteiger charge is -2.11. The highest BCUT2D eigenvalue weighted by molar-refractivity contribution is 7.09. The van der Waals surface area contributed by atoms with E-state index < -0.39 is 0 Å². The molecule has 2 rings (SSSR count). The quantitative estimate of drug-likeness (QED) is 0.907. The minimum absolute atomic E-state index is 0.155. The number of nitrogens with two attached hydrogens (primary N) is 1. The lowest BCUT2D eigenvalue weighted by molar-refractivity contribution is 0.0951. The first-order valence-corrected chi connectivity index (χ1v) is 6.92. The molecular weight excluding hydrogens is 284 g/mol. The predicted molar refractivity (Wildman–Crippen MR) is 76.5 cm³/mol. The van der Waals surface area contributed by atoms with Gasteiger partial charge in [-0.1, -0.05) is 18.5 Å². The molecule has 1 unspecified atom stereocenters. The molecule has 0 saturated heterocycles. The Morgan fingerprint density at radius 2 is 2.37 bits per heavy atom. The van der Waals surface area contributed by atoms with Crippen LogP contribution in [0, 0.1) is 0 Å². The van der Waals surface area contributed by atoms with E-state index in [9.17, 15) is 4.79 Å². The molecule has 2 aromatic rings. The number of carbonyl (C=O) groups excluding carboxylic acids is 1. The summed E-state index contributed by atoms with van der Waals surface area (Å²) < 4.78 is 0. The van der Waals surface area contributed by atoms with E-state index in [0.29, 0.717) is 12.1 Å². The van der Waals surface area contributed by atoms with E-state index in [2.05, 4.69) is 15.3 Å². The molecule has 0 saturated carbocycles. The zero-order valence-electron chi connectivity index (χ0n) is 10.3. The zero-order valence-corrected chi connectivity index (χ0v) is 11.8. The molecule has 100 valence electrons. The van der Waals surface area contributed by atoms with E-state index in [-0.39, 0.29) is 22.7 Å². The molecule has 0 fully saturated rings. The summed E-state index contributed by atoms with van der Waals surface area (Å²) in [4.78, 5) is 20.0. The van der Waals surface area contributed by atoms with Gasteiger partial charge in [0.15, 0.2) is 0 Å². The Balaban J connectivity index is 2.00. The highest BCUT2D eigenvalue weighted by atomic mass is 35.5. The van der Waals surface area contributed by atoms with Gasteiger partial charge in [-0.15, -0.1) is 11.3 Å². The van der Waals surface area contributed by atoms with Crippen molar-refractivity contribution in [1.29, 1.82) is 0 Å². The summed E-state index contributed by atoms with van der Waals surface area (Å²) in [6, 6.07) is 1.46. The Morgan fingerprint density at radius 3 is 3.05 bits per heavy atom. The molecule has 0 aliphatic carbocycles. The van der Waals surface area contributed by atoms with Crippen molar-refractivity contribution in [2.45, 2.75) is 12.8 Å². The first kappa shape index (κ1) is 13.8.